The Labute approximate surface area is 118 Å². The van der Waals surface area contributed by atoms with Gasteiger partial charge < -0.3 is 14.9 Å². The number of methoxy groups -OCH3 is 1. The Bertz CT molecular complexity index is 419. The van der Waals surface area contributed by atoms with Crippen LogP contribution in [-0.4, -0.2) is 21.5 Å². The molecule has 2 N–H and O–H groups in total. The molecule has 0 bridgehead atoms. The number of hydrogen-bond acceptors (Lipinski definition) is 3. The molecule has 108 valence electrons. The standard InChI is InChI=1S/C15H27NO2Si/c1-7-15(19(5,6)18-11(2)3)12-8-9-13(16)14(10-12)17-4/h8-11,15H,7,16H2,1-6H3. The SMILES string of the molecule is CCC(c1ccc(N)c(OC)c1)[Si](C)(C)OC(C)C. The van der Waals surface area contributed by atoms with Crippen molar-refractivity contribution in [2.45, 2.75) is 51.9 Å². The Morgan fingerprint density at radius 1 is 1.26 bits per heavy atom. The fourth-order valence-electron chi connectivity index (χ4n) is 2.76. The summed E-state index contributed by atoms with van der Waals surface area (Å²) < 4.78 is 11.5. The number of nitrogens with two attached hydrogens (primary N) is 1. The molecule has 0 aliphatic rings. The fourth-order valence-corrected chi connectivity index (χ4v) is 6.11. The van der Waals surface area contributed by atoms with E-state index in [1.54, 1.807) is 7.11 Å². The molecule has 0 fully saturated rings. The van der Waals surface area contributed by atoms with Gasteiger partial charge in [0.05, 0.1) is 12.8 Å². The normalized spacial score (nSPS) is 13.6. The lowest BCUT2D eigenvalue weighted by Crippen LogP contribution is -2.40. The van der Waals surface area contributed by atoms with Gasteiger partial charge in [0.25, 0.3) is 0 Å². The minimum Gasteiger partial charge on any atom is -0.495 e. The van der Waals surface area contributed by atoms with Crippen molar-refractivity contribution >= 4 is 14.0 Å². The van der Waals surface area contributed by atoms with Gasteiger partial charge in [0.2, 0.25) is 0 Å². The summed E-state index contributed by atoms with van der Waals surface area (Å²) in [6.45, 7) is 11.0. The maximum atomic E-state index is 6.22. The van der Waals surface area contributed by atoms with Gasteiger partial charge in [-0.2, -0.15) is 0 Å². The molecule has 3 nitrogen and oxygen atoms in total. The van der Waals surface area contributed by atoms with E-state index in [-0.39, 0.29) is 6.10 Å². The summed E-state index contributed by atoms with van der Waals surface area (Å²) in [6.07, 6.45) is 1.34. The van der Waals surface area contributed by atoms with E-state index >= 15 is 0 Å². The number of anilines is 1. The van der Waals surface area contributed by atoms with Crippen LogP contribution in [0.4, 0.5) is 5.69 Å². The third-order valence-corrected chi connectivity index (χ3v) is 6.95. The third kappa shape index (κ3) is 3.98. The van der Waals surface area contributed by atoms with Crippen LogP contribution in [0.25, 0.3) is 0 Å². The molecule has 0 heterocycles. The Balaban J connectivity index is 3.09. The van der Waals surface area contributed by atoms with Crippen LogP contribution in [0, 0.1) is 0 Å². The van der Waals surface area contributed by atoms with Crippen molar-refractivity contribution in [3.8, 4) is 5.75 Å². The predicted molar refractivity (Wildman–Crippen MR) is 84.1 cm³/mol. The number of hydrogen-bond donors (Lipinski definition) is 1. The van der Waals surface area contributed by atoms with E-state index in [0.29, 0.717) is 11.2 Å². The number of rotatable bonds is 6. The van der Waals surface area contributed by atoms with Gasteiger partial charge in [0.1, 0.15) is 5.75 Å². The van der Waals surface area contributed by atoms with Crippen molar-refractivity contribution in [1.82, 2.24) is 0 Å². The topological polar surface area (TPSA) is 44.5 Å². The maximum Gasteiger partial charge on any atom is 0.194 e. The van der Waals surface area contributed by atoms with Gasteiger partial charge in [-0.3, -0.25) is 0 Å². The molecule has 0 saturated carbocycles. The maximum absolute atomic E-state index is 6.22. The summed E-state index contributed by atoms with van der Waals surface area (Å²) in [5.74, 6) is 0.755. The summed E-state index contributed by atoms with van der Waals surface area (Å²) in [6, 6.07) is 6.09. The Morgan fingerprint density at radius 2 is 1.89 bits per heavy atom. The van der Waals surface area contributed by atoms with Crippen molar-refractivity contribution in [1.29, 1.82) is 0 Å². The molecule has 0 aromatic heterocycles. The van der Waals surface area contributed by atoms with Crippen LogP contribution in [0.2, 0.25) is 13.1 Å². The fraction of sp³-hybridized carbons (Fsp3) is 0.600. The van der Waals surface area contributed by atoms with Gasteiger partial charge in [0, 0.05) is 11.6 Å². The highest BCUT2D eigenvalue weighted by atomic mass is 28.4. The molecule has 1 atom stereocenters. The highest BCUT2D eigenvalue weighted by Crippen LogP contribution is 2.35. The van der Waals surface area contributed by atoms with Crippen LogP contribution in [0.1, 0.15) is 38.3 Å². The zero-order valence-electron chi connectivity index (χ0n) is 13.0. The molecule has 1 rings (SSSR count). The summed E-state index contributed by atoms with van der Waals surface area (Å²) in [4.78, 5) is 0. The Kier molecular flexibility index (Phi) is 5.44. The largest absolute Gasteiger partial charge is 0.495 e. The van der Waals surface area contributed by atoms with Gasteiger partial charge in [-0.1, -0.05) is 13.0 Å². The average molecular weight is 281 g/mol. The van der Waals surface area contributed by atoms with Gasteiger partial charge in [-0.15, -0.1) is 0 Å². The van der Waals surface area contributed by atoms with E-state index < -0.39 is 8.32 Å². The van der Waals surface area contributed by atoms with Crippen molar-refractivity contribution in [3.05, 3.63) is 23.8 Å². The second-order valence-electron chi connectivity index (χ2n) is 5.73. The summed E-state index contributed by atoms with van der Waals surface area (Å²) >= 11 is 0. The highest BCUT2D eigenvalue weighted by Gasteiger charge is 2.34. The first-order chi connectivity index (χ1) is 8.81. The summed E-state index contributed by atoms with van der Waals surface area (Å²) in [5.41, 5.74) is 8.29. The van der Waals surface area contributed by atoms with Crippen LogP contribution in [0.15, 0.2) is 18.2 Å². The lowest BCUT2D eigenvalue weighted by atomic mass is 10.1. The van der Waals surface area contributed by atoms with E-state index in [2.05, 4.69) is 46.0 Å². The second kappa shape index (κ2) is 6.44. The van der Waals surface area contributed by atoms with E-state index in [9.17, 15) is 0 Å². The lowest BCUT2D eigenvalue weighted by Gasteiger charge is -2.34. The Hall–Kier alpha value is -1.00. The van der Waals surface area contributed by atoms with Crippen LogP contribution in [0.3, 0.4) is 0 Å². The van der Waals surface area contributed by atoms with Crippen LogP contribution in [-0.2, 0) is 4.43 Å². The van der Waals surface area contributed by atoms with E-state index in [1.807, 2.05) is 6.07 Å². The molecule has 1 unspecified atom stereocenters. The average Bonchev–Trinajstić information content (AvgIpc) is 2.30. The van der Waals surface area contributed by atoms with E-state index in [0.717, 1.165) is 12.2 Å². The van der Waals surface area contributed by atoms with E-state index in [4.69, 9.17) is 14.9 Å². The number of benzene rings is 1. The summed E-state index contributed by atoms with van der Waals surface area (Å²) in [5, 5.41) is 0. The van der Waals surface area contributed by atoms with Gasteiger partial charge in [-0.25, -0.2) is 0 Å². The van der Waals surface area contributed by atoms with Gasteiger partial charge >= 0.3 is 0 Å². The zero-order valence-corrected chi connectivity index (χ0v) is 14.0. The first-order valence-electron chi connectivity index (χ1n) is 6.93. The van der Waals surface area contributed by atoms with Crippen molar-refractivity contribution in [2.75, 3.05) is 12.8 Å². The zero-order chi connectivity index (χ0) is 14.6. The van der Waals surface area contributed by atoms with Crippen molar-refractivity contribution in [2.24, 2.45) is 0 Å². The first kappa shape index (κ1) is 16.1. The first-order valence-corrected chi connectivity index (χ1v) is 9.91. The molecule has 0 saturated heterocycles. The molecular weight excluding hydrogens is 254 g/mol. The van der Waals surface area contributed by atoms with Gasteiger partial charge in [-0.05, 0) is 51.1 Å². The molecular formula is C15H27NO2Si. The number of nitrogen functional groups attached to an aromatic ring is 1. The molecule has 19 heavy (non-hydrogen) atoms. The molecule has 1 aromatic rings. The quantitative estimate of drug-likeness (QED) is 0.634. The molecule has 0 aliphatic carbocycles. The minimum atomic E-state index is -1.79. The van der Waals surface area contributed by atoms with Crippen molar-refractivity contribution < 1.29 is 9.16 Å². The molecule has 4 heteroatoms. The highest BCUT2D eigenvalue weighted by molar-refractivity contribution is 6.72. The van der Waals surface area contributed by atoms with E-state index in [1.165, 1.54) is 5.56 Å². The van der Waals surface area contributed by atoms with Crippen LogP contribution in [0.5, 0.6) is 5.75 Å². The monoisotopic (exact) mass is 281 g/mol. The molecule has 0 radical (unpaired) electrons. The molecule has 0 spiro atoms. The minimum absolute atomic E-state index is 0.270. The molecule has 0 aliphatic heterocycles. The van der Waals surface area contributed by atoms with Crippen LogP contribution >= 0.6 is 0 Å². The lowest BCUT2D eigenvalue weighted by molar-refractivity contribution is 0.225. The predicted octanol–water partition coefficient (Wildman–Crippen LogP) is 3.94. The van der Waals surface area contributed by atoms with Gasteiger partial charge in [0.15, 0.2) is 8.32 Å². The Morgan fingerprint density at radius 3 is 2.37 bits per heavy atom. The summed E-state index contributed by atoms with van der Waals surface area (Å²) in [7, 11) is -0.130. The van der Waals surface area contributed by atoms with Crippen molar-refractivity contribution in [3.63, 3.8) is 0 Å². The smallest absolute Gasteiger partial charge is 0.194 e. The third-order valence-electron chi connectivity index (χ3n) is 3.45. The van der Waals surface area contributed by atoms with Crippen LogP contribution < -0.4 is 10.5 Å². The second-order valence-corrected chi connectivity index (χ2v) is 9.87. The molecule has 0 amide bonds. The number of ether oxygens (including phenoxy) is 1. The molecule has 1 aromatic carbocycles.